The van der Waals surface area contributed by atoms with Gasteiger partial charge in [-0.05, 0) is 12.8 Å². The number of nitriles is 1. The highest BCUT2D eigenvalue weighted by atomic mass is 32.2. The second-order valence-corrected chi connectivity index (χ2v) is 5.26. The highest BCUT2D eigenvalue weighted by molar-refractivity contribution is 7.99. The Labute approximate surface area is 117 Å². The Morgan fingerprint density at radius 3 is 2.74 bits per heavy atom. The topological polar surface area (TPSA) is 54.5 Å². The molecule has 0 bridgehead atoms. The maximum Gasteiger partial charge on any atom is 0.191 e. The van der Waals surface area contributed by atoms with Crippen molar-refractivity contribution in [3.8, 4) is 17.5 Å². The van der Waals surface area contributed by atoms with E-state index in [-0.39, 0.29) is 0 Å². The number of nitrogens with zero attached hydrogens (tertiary/aromatic N) is 4. The van der Waals surface area contributed by atoms with E-state index in [9.17, 15) is 0 Å². The Balaban J connectivity index is 1.97. The molecule has 4 nitrogen and oxygen atoms in total. The summed E-state index contributed by atoms with van der Waals surface area (Å²) in [5.41, 5.74) is 1.08. The van der Waals surface area contributed by atoms with Crippen molar-refractivity contribution in [2.24, 2.45) is 7.05 Å². The van der Waals surface area contributed by atoms with Crippen LogP contribution in [0.3, 0.4) is 0 Å². The van der Waals surface area contributed by atoms with Crippen molar-refractivity contribution in [1.29, 1.82) is 5.26 Å². The molecule has 0 saturated heterocycles. The first-order chi connectivity index (χ1) is 9.33. The second-order valence-electron chi connectivity index (χ2n) is 4.19. The van der Waals surface area contributed by atoms with Crippen LogP contribution in [0.2, 0.25) is 0 Å². The van der Waals surface area contributed by atoms with E-state index in [1.165, 1.54) is 0 Å². The Kier molecular flexibility index (Phi) is 4.99. The third kappa shape index (κ3) is 3.58. The van der Waals surface area contributed by atoms with Gasteiger partial charge in [-0.2, -0.15) is 5.26 Å². The zero-order chi connectivity index (χ0) is 13.5. The van der Waals surface area contributed by atoms with Crippen LogP contribution in [0.5, 0.6) is 0 Å². The lowest BCUT2D eigenvalue weighted by Gasteiger charge is -2.03. The summed E-state index contributed by atoms with van der Waals surface area (Å²) in [6, 6.07) is 12.2. The van der Waals surface area contributed by atoms with Crippen LogP contribution in [-0.2, 0) is 7.05 Å². The Morgan fingerprint density at radius 2 is 2.00 bits per heavy atom. The second kappa shape index (κ2) is 6.95. The van der Waals surface area contributed by atoms with Gasteiger partial charge in [-0.1, -0.05) is 42.1 Å². The summed E-state index contributed by atoms with van der Waals surface area (Å²) in [6.45, 7) is 0. The smallest absolute Gasteiger partial charge is 0.191 e. The molecule has 2 aromatic rings. The predicted octanol–water partition coefficient (Wildman–Crippen LogP) is 3.27. The number of unbranched alkanes of at least 4 members (excludes halogenated alkanes) is 2. The van der Waals surface area contributed by atoms with Crippen molar-refractivity contribution in [2.75, 3.05) is 5.75 Å². The van der Waals surface area contributed by atoms with Gasteiger partial charge in [0, 0.05) is 24.8 Å². The molecule has 19 heavy (non-hydrogen) atoms. The predicted molar refractivity (Wildman–Crippen MR) is 76.6 cm³/mol. The van der Waals surface area contributed by atoms with Crippen LogP contribution in [0.15, 0.2) is 35.5 Å². The lowest BCUT2D eigenvalue weighted by Crippen LogP contribution is -1.95. The van der Waals surface area contributed by atoms with Crippen LogP contribution in [0, 0.1) is 11.3 Å². The third-order valence-electron chi connectivity index (χ3n) is 2.78. The normalized spacial score (nSPS) is 10.3. The summed E-state index contributed by atoms with van der Waals surface area (Å²) in [4.78, 5) is 0. The number of aromatic nitrogens is 3. The number of thioether (sulfide) groups is 1. The molecule has 1 heterocycles. The van der Waals surface area contributed by atoms with Crippen LogP contribution < -0.4 is 0 Å². The largest absolute Gasteiger partial charge is 0.305 e. The number of hydrogen-bond donors (Lipinski definition) is 0. The van der Waals surface area contributed by atoms with Gasteiger partial charge in [0.15, 0.2) is 11.0 Å². The molecular weight excluding hydrogens is 256 g/mol. The van der Waals surface area contributed by atoms with Gasteiger partial charge in [-0.25, -0.2) is 0 Å². The molecule has 1 aromatic carbocycles. The maximum absolute atomic E-state index is 8.47. The van der Waals surface area contributed by atoms with Crippen molar-refractivity contribution < 1.29 is 0 Å². The van der Waals surface area contributed by atoms with Crippen LogP contribution in [0.1, 0.15) is 19.3 Å². The molecule has 0 aliphatic carbocycles. The molecule has 0 unspecified atom stereocenters. The van der Waals surface area contributed by atoms with Crippen molar-refractivity contribution in [3.63, 3.8) is 0 Å². The van der Waals surface area contributed by atoms with Crippen LogP contribution in [0.4, 0.5) is 0 Å². The van der Waals surface area contributed by atoms with Crippen molar-refractivity contribution in [2.45, 2.75) is 24.4 Å². The van der Waals surface area contributed by atoms with Crippen LogP contribution in [-0.4, -0.2) is 20.5 Å². The van der Waals surface area contributed by atoms with E-state index in [4.69, 9.17) is 5.26 Å². The van der Waals surface area contributed by atoms with E-state index in [0.29, 0.717) is 6.42 Å². The first-order valence-corrected chi connectivity index (χ1v) is 7.26. The fourth-order valence-electron chi connectivity index (χ4n) is 1.75. The van der Waals surface area contributed by atoms with Crippen molar-refractivity contribution in [1.82, 2.24) is 14.8 Å². The van der Waals surface area contributed by atoms with E-state index in [0.717, 1.165) is 35.1 Å². The molecule has 0 amide bonds. The van der Waals surface area contributed by atoms with E-state index < -0.39 is 0 Å². The molecule has 0 aliphatic heterocycles. The summed E-state index contributed by atoms with van der Waals surface area (Å²) in [7, 11) is 1.99. The average molecular weight is 272 g/mol. The van der Waals surface area contributed by atoms with Crippen molar-refractivity contribution in [3.05, 3.63) is 30.3 Å². The molecule has 0 aliphatic rings. The molecule has 1 aromatic heterocycles. The molecule has 0 fully saturated rings. The molecule has 5 heteroatoms. The fraction of sp³-hybridized carbons (Fsp3) is 0.357. The Hall–Kier alpha value is -1.80. The van der Waals surface area contributed by atoms with Gasteiger partial charge < -0.3 is 4.57 Å². The molecule has 0 N–H and O–H groups in total. The van der Waals surface area contributed by atoms with Gasteiger partial charge in [-0.3, -0.25) is 0 Å². The van der Waals surface area contributed by atoms with Crippen LogP contribution >= 0.6 is 11.8 Å². The zero-order valence-electron chi connectivity index (χ0n) is 10.9. The van der Waals surface area contributed by atoms with E-state index in [1.807, 2.05) is 41.9 Å². The quantitative estimate of drug-likeness (QED) is 0.598. The highest BCUT2D eigenvalue weighted by Crippen LogP contribution is 2.23. The molecule has 0 spiro atoms. The van der Waals surface area contributed by atoms with E-state index >= 15 is 0 Å². The average Bonchev–Trinajstić information content (AvgIpc) is 2.81. The molecule has 0 radical (unpaired) electrons. The van der Waals surface area contributed by atoms with Crippen molar-refractivity contribution >= 4 is 11.8 Å². The molecule has 0 atom stereocenters. The Morgan fingerprint density at radius 1 is 1.21 bits per heavy atom. The SMILES string of the molecule is Cn1c(SCCCCC#N)nnc1-c1ccccc1. The standard InChI is InChI=1S/C14H16N4S/c1-18-13(12-8-4-2-5-9-12)16-17-14(18)19-11-7-3-6-10-15/h2,4-5,8-9H,3,6-7,11H2,1H3. The number of hydrogen-bond acceptors (Lipinski definition) is 4. The molecule has 98 valence electrons. The van der Waals surface area contributed by atoms with Gasteiger partial charge in [-0.15, -0.1) is 10.2 Å². The minimum Gasteiger partial charge on any atom is -0.305 e. The summed E-state index contributed by atoms with van der Waals surface area (Å²) >= 11 is 1.69. The van der Waals surface area contributed by atoms with E-state index in [2.05, 4.69) is 16.3 Å². The maximum atomic E-state index is 8.47. The Bertz CT molecular complexity index is 557. The third-order valence-corrected chi connectivity index (χ3v) is 3.89. The van der Waals surface area contributed by atoms with Gasteiger partial charge in [0.25, 0.3) is 0 Å². The minimum atomic E-state index is 0.634. The first kappa shape index (κ1) is 13.6. The fourth-order valence-corrected chi connectivity index (χ4v) is 2.66. The monoisotopic (exact) mass is 272 g/mol. The summed E-state index contributed by atoms with van der Waals surface area (Å²) in [5.74, 6) is 1.86. The minimum absolute atomic E-state index is 0.634. The molecule has 2 rings (SSSR count). The summed E-state index contributed by atoms with van der Waals surface area (Å²) in [5, 5.41) is 17.9. The van der Waals surface area contributed by atoms with Gasteiger partial charge in [0.05, 0.1) is 6.07 Å². The molecular formula is C14H16N4S. The lowest BCUT2D eigenvalue weighted by atomic mass is 10.2. The van der Waals surface area contributed by atoms with Gasteiger partial charge in [0.2, 0.25) is 0 Å². The van der Waals surface area contributed by atoms with E-state index in [1.54, 1.807) is 11.8 Å². The number of benzene rings is 1. The van der Waals surface area contributed by atoms with Gasteiger partial charge in [0.1, 0.15) is 0 Å². The summed E-state index contributed by atoms with van der Waals surface area (Å²) < 4.78 is 2.02. The summed E-state index contributed by atoms with van der Waals surface area (Å²) in [6.07, 6.45) is 2.62. The highest BCUT2D eigenvalue weighted by Gasteiger charge is 2.10. The zero-order valence-corrected chi connectivity index (χ0v) is 11.7. The van der Waals surface area contributed by atoms with Gasteiger partial charge >= 0.3 is 0 Å². The van der Waals surface area contributed by atoms with Crippen LogP contribution in [0.25, 0.3) is 11.4 Å². The molecule has 0 saturated carbocycles. The lowest BCUT2D eigenvalue weighted by molar-refractivity contribution is 0.785. The number of rotatable bonds is 6. The first-order valence-electron chi connectivity index (χ1n) is 6.27.